The lowest BCUT2D eigenvalue weighted by atomic mass is 9.94. The number of fused-ring (bicyclic) bond motifs is 2. The van der Waals surface area contributed by atoms with Gasteiger partial charge >= 0.3 is 6.09 Å². The van der Waals surface area contributed by atoms with Crippen LogP contribution in [0.2, 0.25) is 0 Å². The van der Waals surface area contributed by atoms with Gasteiger partial charge < -0.3 is 20.7 Å². The van der Waals surface area contributed by atoms with E-state index in [1.54, 1.807) is 50.3 Å². The summed E-state index contributed by atoms with van der Waals surface area (Å²) in [6.45, 7) is 6.33. The van der Waals surface area contributed by atoms with Crippen LogP contribution in [-0.4, -0.2) is 39.0 Å². The zero-order valence-electron chi connectivity index (χ0n) is 23.0. The molecule has 3 N–H and O–H groups in total. The number of rotatable bonds is 6. The van der Waals surface area contributed by atoms with E-state index in [9.17, 15) is 18.4 Å². The molecular formula is C31H30F2N5O3. The number of carbonyl (C=O) groups excluding carboxylic acids is 2. The minimum atomic E-state index is -1.00. The van der Waals surface area contributed by atoms with E-state index in [1.807, 2.05) is 24.3 Å². The van der Waals surface area contributed by atoms with Crippen molar-refractivity contribution in [2.75, 3.05) is 12.3 Å². The number of nitrogens with two attached hydrogens (primary N) is 1. The monoisotopic (exact) mass is 558 g/mol. The van der Waals surface area contributed by atoms with Crippen LogP contribution in [0, 0.1) is 18.1 Å². The summed E-state index contributed by atoms with van der Waals surface area (Å²) >= 11 is 0. The molecule has 41 heavy (non-hydrogen) atoms. The summed E-state index contributed by atoms with van der Waals surface area (Å²) in [6.07, 6.45) is 1.38. The lowest BCUT2D eigenvalue weighted by Crippen LogP contribution is -2.33. The van der Waals surface area contributed by atoms with Crippen LogP contribution in [0.4, 0.5) is 19.5 Å². The maximum Gasteiger partial charge on any atom is 0.407 e. The maximum atomic E-state index is 14.4. The molecule has 4 aromatic rings. The zero-order chi connectivity index (χ0) is 29.3. The van der Waals surface area contributed by atoms with Gasteiger partial charge in [-0.15, -0.1) is 0 Å². The van der Waals surface area contributed by atoms with Crippen LogP contribution in [0.1, 0.15) is 48.0 Å². The number of hydrogen-bond donors (Lipinski definition) is 2. The highest BCUT2D eigenvalue weighted by atomic mass is 19.2. The molecule has 0 bridgehead atoms. The fourth-order valence-electron chi connectivity index (χ4n) is 4.83. The number of ether oxygens (including phenoxy) is 1. The van der Waals surface area contributed by atoms with Gasteiger partial charge in [0, 0.05) is 25.0 Å². The maximum absolute atomic E-state index is 14.4. The number of anilines is 1. The SMILES string of the molecule is CC(C)(C)OC(=O)NC[CH]Cc1cc(F)c(F)cc1-c1ccc2nc(N)nc(C(=O)N3Cc4ccccc4C3)c2c1. The van der Waals surface area contributed by atoms with Crippen molar-refractivity contribution in [2.45, 2.75) is 45.9 Å². The molecular weight excluding hydrogens is 528 g/mol. The third kappa shape index (κ3) is 6.26. The van der Waals surface area contributed by atoms with Gasteiger partial charge in [0.1, 0.15) is 11.3 Å². The van der Waals surface area contributed by atoms with Gasteiger partial charge in [-0.1, -0.05) is 30.3 Å². The second kappa shape index (κ2) is 11.1. The molecule has 0 saturated carbocycles. The molecule has 0 saturated heterocycles. The molecule has 0 aliphatic carbocycles. The Morgan fingerprint density at radius 3 is 2.39 bits per heavy atom. The van der Waals surface area contributed by atoms with Crippen LogP contribution in [0.3, 0.4) is 0 Å². The Kier molecular flexibility index (Phi) is 7.57. The van der Waals surface area contributed by atoms with E-state index in [4.69, 9.17) is 10.5 Å². The molecule has 1 aromatic heterocycles. The van der Waals surface area contributed by atoms with Crippen LogP contribution in [0.5, 0.6) is 0 Å². The number of nitrogens with zero attached hydrogens (tertiary/aromatic N) is 3. The van der Waals surface area contributed by atoms with Crippen LogP contribution < -0.4 is 11.1 Å². The quantitative estimate of drug-likeness (QED) is 0.299. The minimum Gasteiger partial charge on any atom is -0.444 e. The zero-order valence-corrected chi connectivity index (χ0v) is 23.0. The predicted molar refractivity (Wildman–Crippen MR) is 152 cm³/mol. The van der Waals surface area contributed by atoms with Gasteiger partial charge in [-0.25, -0.2) is 23.5 Å². The van der Waals surface area contributed by atoms with Crippen LogP contribution >= 0.6 is 0 Å². The van der Waals surface area contributed by atoms with E-state index in [2.05, 4.69) is 15.3 Å². The first-order valence-electron chi connectivity index (χ1n) is 13.2. The van der Waals surface area contributed by atoms with Crippen LogP contribution in [0.25, 0.3) is 22.0 Å². The number of aromatic nitrogens is 2. The number of halogens is 2. The molecule has 8 nitrogen and oxygen atoms in total. The number of nitrogen functional groups attached to an aromatic ring is 1. The lowest BCUT2D eigenvalue weighted by molar-refractivity contribution is 0.0531. The highest BCUT2D eigenvalue weighted by molar-refractivity contribution is 6.06. The number of carbonyl (C=O) groups is 2. The highest BCUT2D eigenvalue weighted by Gasteiger charge is 2.27. The first-order valence-corrected chi connectivity index (χ1v) is 13.2. The fraction of sp³-hybridized carbons (Fsp3) is 0.258. The Hall–Kier alpha value is -4.60. The first-order chi connectivity index (χ1) is 19.5. The molecule has 211 valence electrons. The molecule has 1 radical (unpaired) electrons. The van der Waals surface area contributed by atoms with Gasteiger partial charge in [0.25, 0.3) is 5.91 Å². The highest BCUT2D eigenvalue weighted by Crippen LogP contribution is 2.32. The summed E-state index contributed by atoms with van der Waals surface area (Å²) in [4.78, 5) is 35.8. The second-order valence-corrected chi connectivity index (χ2v) is 10.9. The van der Waals surface area contributed by atoms with E-state index in [-0.39, 0.29) is 30.5 Å². The number of benzene rings is 3. The van der Waals surface area contributed by atoms with Gasteiger partial charge in [-0.3, -0.25) is 4.79 Å². The van der Waals surface area contributed by atoms with Gasteiger partial charge in [-0.05, 0) is 85.7 Å². The number of amides is 2. The summed E-state index contributed by atoms with van der Waals surface area (Å²) < 4.78 is 34.0. The van der Waals surface area contributed by atoms with Crippen LogP contribution in [-0.2, 0) is 24.2 Å². The van der Waals surface area contributed by atoms with Crippen molar-refractivity contribution >= 4 is 28.9 Å². The van der Waals surface area contributed by atoms with Gasteiger partial charge in [0.15, 0.2) is 11.6 Å². The Morgan fingerprint density at radius 1 is 1.02 bits per heavy atom. The van der Waals surface area contributed by atoms with Gasteiger partial charge in [0.05, 0.1) is 5.52 Å². The molecule has 5 rings (SSSR count). The summed E-state index contributed by atoms with van der Waals surface area (Å²) in [7, 11) is 0. The molecule has 2 heterocycles. The van der Waals surface area contributed by atoms with Gasteiger partial charge in [-0.2, -0.15) is 0 Å². The van der Waals surface area contributed by atoms with E-state index < -0.39 is 23.3 Å². The van der Waals surface area contributed by atoms with E-state index >= 15 is 0 Å². The molecule has 0 unspecified atom stereocenters. The summed E-state index contributed by atoms with van der Waals surface area (Å²) in [5.41, 5.74) is 9.52. The van der Waals surface area contributed by atoms with E-state index in [1.165, 1.54) is 0 Å². The molecule has 1 aliphatic heterocycles. The smallest absolute Gasteiger partial charge is 0.407 e. The van der Waals surface area contributed by atoms with Crippen molar-refractivity contribution in [3.05, 3.63) is 95.0 Å². The number of alkyl carbamates (subject to hydrolysis) is 1. The van der Waals surface area contributed by atoms with E-state index in [0.717, 1.165) is 23.3 Å². The van der Waals surface area contributed by atoms with E-state index in [0.29, 0.717) is 40.7 Å². The van der Waals surface area contributed by atoms with Crippen molar-refractivity contribution in [3.63, 3.8) is 0 Å². The number of nitrogens with one attached hydrogen (secondary N) is 1. The summed E-state index contributed by atoms with van der Waals surface area (Å²) in [5, 5.41) is 3.07. The van der Waals surface area contributed by atoms with Crippen LogP contribution in [0.15, 0.2) is 54.6 Å². The lowest BCUT2D eigenvalue weighted by Gasteiger charge is -2.19. The second-order valence-electron chi connectivity index (χ2n) is 10.9. The average molecular weight is 559 g/mol. The normalized spacial score (nSPS) is 12.9. The molecule has 10 heteroatoms. The Bertz CT molecular complexity index is 1630. The molecule has 2 amide bonds. The van der Waals surface area contributed by atoms with Gasteiger partial charge in [0.2, 0.25) is 5.95 Å². The fourth-order valence-corrected chi connectivity index (χ4v) is 4.83. The third-order valence-electron chi connectivity index (χ3n) is 6.65. The molecule has 0 atom stereocenters. The Morgan fingerprint density at radius 2 is 1.71 bits per heavy atom. The number of hydrogen-bond acceptors (Lipinski definition) is 6. The standard InChI is InChI=1S/C31H30F2N5O3/c1-31(2,3)41-30(40)35-12-6-9-18-14-24(32)25(33)15-22(18)19-10-11-26-23(13-19)27(37-29(34)36-26)28(39)38-16-20-7-4-5-8-21(20)17-38/h4-8,10-11,13-15H,9,12,16-17H2,1-3H3,(H,35,40)(H2,34,36,37). The molecule has 3 aromatic carbocycles. The van der Waals surface area contributed by atoms with Crippen molar-refractivity contribution < 1.29 is 23.1 Å². The first kappa shape index (κ1) is 27.9. The van der Waals surface area contributed by atoms with Crippen molar-refractivity contribution in [1.29, 1.82) is 0 Å². The predicted octanol–water partition coefficient (Wildman–Crippen LogP) is 5.58. The van der Waals surface area contributed by atoms with Crippen molar-refractivity contribution in [2.24, 2.45) is 0 Å². The Balaban J connectivity index is 1.43. The minimum absolute atomic E-state index is 0.0362. The van der Waals surface area contributed by atoms with Crippen molar-refractivity contribution in [1.82, 2.24) is 20.2 Å². The third-order valence-corrected chi connectivity index (χ3v) is 6.65. The average Bonchev–Trinajstić information content (AvgIpc) is 3.35. The summed E-state index contributed by atoms with van der Waals surface area (Å²) in [5.74, 6) is -2.33. The Labute approximate surface area is 236 Å². The molecule has 0 fully saturated rings. The largest absolute Gasteiger partial charge is 0.444 e. The van der Waals surface area contributed by atoms with Crippen molar-refractivity contribution in [3.8, 4) is 11.1 Å². The molecule has 0 spiro atoms. The molecule has 1 aliphatic rings. The summed E-state index contributed by atoms with van der Waals surface area (Å²) in [6, 6.07) is 15.2. The topological polar surface area (TPSA) is 110 Å².